The topological polar surface area (TPSA) is 24.5 Å². The lowest BCUT2D eigenvalue weighted by Gasteiger charge is -2.39. The molecule has 1 aliphatic rings. The summed E-state index contributed by atoms with van der Waals surface area (Å²) in [6.45, 7) is 8.95. The molecule has 1 heterocycles. The van der Waals surface area contributed by atoms with Gasteiger partial charge in [-0.05, 0) is 38.8 Å². The number of piperidine rings is 1. The van der Waals surface area contributed by atoms with Crippen LogP contribution in [0.3, 0.4) is 0 Å². The average Bonchev–Trinajstić information content (AvgIpc) is 2.35. The van der Waals surface area contributed by atoms with Gasteiger partial charge in [-0.1, -0.05) is 13.8 Å². The van der Waals surface area contributed by atoms with Crippen molar-refractivity contribution < 1.29 is 4.74 Å². The van der Waals surface area contributed by atoms with E-state index in [0.717, 1.165) is 13.2 Å². The summed E-state index contributed by atoms with van der Waals surface area (Å²) in [5.41, 5.74) is 0. The Morgan fingerprint density at radius 2 is 2.25 bits per heavy atom. The van der Waals surface area contributed by atoms with E-state index in [2.05, 4.69) is 24.1 Å². The Morgan fingerprint density at radius 1 is 1.44 bits per heavy atom. The van der Waals surface area contributed by atoms with Gasteiger partial charge in [-0.2, -0.15) is 0 Å². The lowest BCUT2D eigenvalue weighted by Crippen LogP contribution is -2.51. The number of hydrogen-bond acceptors (Lipinski definition) is 3. The second-order valence-electron chi connectivity index (χ2n) is 4.76. The maximum atomic E-state index is 5.35. The van der Waals surface area contributed by atoms with Crippen molar-refractivity contribution in [2.45, 2.75) is 51.6 Å². The van der Waals surface area contributed by atoms with Crippen molar-refractivity contribution in [2.24, 2.45) is 0 Å². The van der Waals surface area contributed by atoms with Crippen LogP contribution in [0.5, 0.6) is 0 Å². The molecule has 3 nitrogen and oxygen atoms in total. The van der Waals surface area contributed by atoms with Crippen LogP contribution in [-0.4, -0.2) is 50.3 Å². The number of methoxy groups -OCH3 is 1. The first-order chi connectivity index (χ1) is 7.83. The fourth-order valence-electron chi connectivity index (χ4n) is 2.68. The van der Waals surface area contributed by atoms with Gasteiger partial charge >= 0.3 is 0 Å². The van der Waals surface area contributed by atoms with Crippen LogP contribution in [0.15, 0.2) is 0 Å². The molecule has 0 aromatic heterocycles. The highest BCUT2D eigenvalue weighted by Gasteiger charge is 2.25. The molecule has 1 aliphatic heterocycles. The molecule has 0 saturated carbocycles. The summed E-state index contributed by atoms with van der Waals surface area (Å²) in [5, 5.41) is 3.51. The molecule has 0 aromatic carbocycles. The summed E-state index contributed by atoms with van der Waals surface area (Å²) in [4.78, 5) is 2.66. The Labute approximate surface area is 101 Å². The standard InChI is InChI=1S/C13H28N2O/c1-4-9-15(12(5-2)11-16-3)13-7-6-8-14-10-13/h12-14H,4-11H2,1-3H3. The lowest BCUT2D eigenvalue weighted by molar-refractivity contribution is 0.0491. The summed E-state index contributed by atoms with van der Waals surface area (Å²) in [6.07, 6.45) is 5.07. The van der Waals surface area contributed by atoms with E-state index in [1.165, 1.54) is 38.8 Å². The van der Waals surface area contributed by atoms with Crippen molar-refractivity contribution >= 4 is 0 Å². The van der Waals surface area contributed by atoms with Crippen LogP contribution in [0.4, 0.5) is 0 Å². The Morgan fingerprint density at radius 3 is 2.75 bits per heavy atom. The van der Waals surface area contributed by atoms with Gasteiger partial charge in [-0.3, -0.25) is 4.90 Å². The normalized spacial score (nSPS) is 23.6. The third-order valence-corrected chi connectivity index (χ3v) is 3.52. The van der Waals surface area contributed by atoms with Gasteiger partial charge in [0.1, 0.15) is 0 Å². The SMILES string of the molecule is CCCN(C1CCCNC1)C(CC)COC. The van der Waals surface area contributed by atoms with E-state index in [1.807, 2.05) is 7.11 Å². The van der Waals surface area contributed by atoms with E-state index in [9.17, 15) is 0 Å². The van der Waals surface area contributed by atoms with Crippen molar-refractivity contribution in [3.8, 4) is 0 Å². The molecule has 0 bridgehead atoms. The largest absolute Gasteiger partial charge is 0.383 e. The van der Waals surface area contributed by atoms with Crippen molar-refractivity contribution in [3.05, 3.63) is 0 Å². The highest BCUT2D eigenvalue weighted by atomic mass is 16.5. The molecule has 16 heavy (non-hydrogen) atoms. The molecule has 2 unspecified atom stereocenters. The first-order valence-corrected chi connectivity index (χ1v) is 6.78. The second-order valence-corrected chi connectivity index (χ2v) is 4.76. The molecule has 0 radical (unpaired) electrons. The highest BCUT2D eigenvalue weighted by molar-refractivity contribution is 4.82. The van der Waals surface area contributed by atoms with Gasteiger partial charge in [0, 0.05) is 25.7 Å². The molecule has 1 saturated heterocycles. The van der Waals surface area contributed by atoms with Crippen molar-refractivity contribution in [1.82, 2.24) is 10.2 Å². The molecule has 0 amide bonds. The molecule has 0 aliphatic carbocycles. The summed E-state index contributed by atoms with van der Waals surface area (Å²) in [5.74, 6) is 0. The van der Waals surface area contributed by atoms with E-state index < -0.39 is 0 Å². The zero-order chi connectivity index (χ0) is 11.8. The number of nitrogens with one attached hydrogen (secondary N) is 1. The summed E-state index contributed by atoms with van der Waals surface area (Å²) in [7, 11) is 1.81. The number of hydrogen-bond donors (Lipinski definition) is 1. The number of nitrogens with zero attached hydrogens (tertiary/aromatic N) is 1. The van der Waals surface area contributed by atoms with Crippen LogP contribution in [0.1, 0.15) is 39.5 Å². The molecule has 0 spiro atoms. The van der Waals surface area contributed by atoms with Crippen LogP contribution in [0.25, 0.3) is 0 Å². The third kappa shape index (κ3) is 4.04. The van der Waals surface area contributed by atoms with Gasteiger partial charge < -0.3 is 10.1 Å². The van der Waals surface area contributed by atoms with E-state index in [-0.39, 0.29) is 0 Å². The van der Waals surface area contributed by atoms with Gasteiger partial charge in [0.25, 0.3) is 0 Å². The molecule has 1 fully saturated rings. The van der Waals surface area contributed by atoms with Crippen LogP contribution >= 0.6 is 0 Å². The van der Waals surface area contributed by atoms with Crippen LogP contribution < -0.4 is 5.32 Å². The number of ether oxygens (including phenoxy) is 1. The van der Waals surface area contributed by atoms with Gasteiger partial charge in [0.05, 0.1) is 6.61 Å². The highest BCUT2D eigenvalue weighted by Crippen LogP contribution is 2.16. The summed E-state index contributed by atoms with van der Waals surface area (Å²) < 4.78 is 5.35. The van der Waals surface area contributed by atoms with Crippen LogP contribution in [0, 0.1) is 0 Å². The minimum absolute atomic E-state index is 0.592. The summed E-state index contributed by atoms with van der Waals surface area (Å²) >= 11 is 0. The van der Waals surface area contributed by atoms with Gasteiger partial charge in [0.2, 0.25) is 0 Å². The van der Waals surface area contributed by atoms with Crippen molar-refractivity contribution in [2.75, 3.05) is 33.4 Å². The first kappa shape index (κ1) is 13.9. The molecule has 96 valence electrons. The predicted octanol–water partition coefficient (Wildman–Crippen LogP) is 1.88. The Balaban J connectivity index is 2.54. The molecule has 0 aromatic rings. The monoisotopic (exact) mass is 228 g/mol. The first-order valence-electron chi connectivity index (χ1n) is 6.78. The van der Waals surface area contributed by atoms with E-state index in [4.69, 9.17) is 4.74 Å². The fourth-order valence-corrected chi connectivity index (χ4v) is 2.68. The van der Waals surface area contributed by atoms with Crippen molar-refractivity contribution in [3.63, 3.8) is 0 Å². The Bertz CT molecular complexity index is 165. The Kier molecular flexibility index (Phi) is 7.01. The molecule has 2 atom stereocenters. The second kappa shape index (κ2) is 8.04. The smallest absolute Gasteiger partial charge is 0.0618 e. The molecular weight excluding hydrogens is 200 g/mol. The maximum Gasteiger partial charge on any atom is 0.0618 e. The summed E-state index contributed by atoms with van der Waals surface area (Å²) in [6, 6.07) is 1.31. The Hall–Kier alpha value is -0.120. The van der Waals surface area contributed by atoms with Crippen LogP contribution in [0.2, 0.25) is 0 Å². The number of rotatable bonds is 7. The average molecular weight is 228 g/mol. The molecular formula is C13H28N2O. The quantitative estimate of drug-likeness (QED) is 0.720. The molecule has 1 rings (SSSR count). The lowest BCUT2D eigenvalue weighted by atomic mass is 10.0. The zero-order valence-electron chi connectivity index (χ0n) is 11.2. The third-order valence-electron chi connectivity index (χ3n) is 3.52. The molecule has 1 N–H and O–H groups in total. The van der Waals surface area contributed by atoms with E-state index >= 15 is 0 Å². The predicted molar refractivity (Wildman–Crippen MR) is 68.8 cm³/mol. The fraction of sp³-hybridized carbons (Fsp3) is 1.00. The van der Waals surface area contributed by atoms with E-state index in [0.29, 0.717) is 12.1 Å². The van der Waals surface area contributed by atoms with Crippen LogP contribution in [-0.2, 0) is 4.74 Å². The van der Waals surface area contributed by atoms with Gasteiger partial charge in [-0.15, -0.1) is 0 Å². The van der Waals surface area contributed by atoms with Crippen molar-refractivity contribution in [1.29, 1.82) is 0 Å². The molecule has 3 heteroatoms. The van der Waals surface area contributed by atoms with Gasteiger partial charge in [0.15, 0.2) is 0 Å². The minimum atomic E-state index is 0.592. The minimum Gasteiger partial charge on any atom is -0.383 e. The maximum absolute atomic E-state index is 5.35. The van der Waals surface area contributed by atoms with E-state index in [1.54, 1.807) is 0 Å². The zero-order valence-corrected chi connectivity index (χ0v) is 11.2. The van der Waals surface area contributed by atoms with Gasteiger partial charge in [-0.25, -0.2) is 0 Å².